The Balaban J connectivity index is 1.49. The number of carbonyl (C=O) groups is 1. The second kappa shape index (κ2) is 9.47. The van der Waals surface area contributed by atoms with Gasteiger partial charge in [0.15, 0.2) is 11.6 Å². The quantitative estimate of drug-likeness (QED) is 0.562. The second-order valence-corrected chi connectivity index (χ2v) is 7.98. The summed E-state index contributed by atoms with van der Waals surface area (Å²) in [6.07, 6.45) is -0.148. The van der Waals surface area contributed by atoms with Crippen LogP contribution in [0.1, 0.15) is 6.42 Å². The number of nitrogens with one attached hydrogen (secondary N) is 2. The maximum absolute atomic E-state index is 13.2. The highest BCUT2D eigenvalue weighted by atomic mass is 32.2. The Labute approximate surface area is 172 Å². The van der Waals surface area contributed by atoms with E-state index in [1.807, 2.05) is 30.3 Å². The minimum absolute atomic E-state index is 0.148. The van der Waals surface area contributed by atoms with Gasteiger partial charge >= 0.3 is 0 Å². The summed E-state index contributed by atoms with van der Waals surface area (Å²) in [4.78, 5) is 11.6. The normalized spacial score (nSPS) is 11.1. The number of hydrogen-bond acceptors (Lipinski definition) is 4. The summed E-state index contributed by atoms with van der Waals surface area (Å²) in [7, 11) is -4.06. The fourth-order valence-corrected chi connectivity index (χ4v) is 3.52. The van der Waals surface area contributed by atoms with E-state index in [1.165, 1.54) is 0 Å². The average Bonchev–Trinajstić information content (AvgIpc) is 2.72. The van der Waals surface area contributed by atoms with Gasteiger partial charge in [0.2, 0.25) is 15.9 Å². The molecule has 0 spiro atoms. The maximum atomic E-state index is 13.2. The maximum Gasteiger partial charge on any atom is 0.240 e. The number of benzene rings is 3. The highest BCUT2D eigenvalue weighted by Gasteiger charge is 2.16. The van der Waals surface area contributed by atoms with Crippen LogP contribution in [-0.2, 0) is 14.8 Å². The molecule has 0 radical (unpaired) electrons. The van der Waals surface area contributed by atoms with Crippen molar-refractivity contribution in [3.8, 4) is 11.5 Å². The third-order valence-corrected chi connectivity index (χ3v) is 5.42. The Morgan fingerprint density at radius 3 is 2.20 bits per heavy atom. The Bertz CT molecular complexity index is 1120. The highest BCUT2D eigenvalue weighted by molar-refractivity contribution is 7.89. The molecular weight excluding hydrogens is 414 g/mol. The van der Waals surface area contributed by atoms with Crippen LogP contribution in [0.5, 0.6) is 11.5 Å². The van der Waals surface area contributed by atoms with Crippen molar-refractivity contribution in [1.82, 2.24) is 4.72 Å². The number of hydrogen-bond donors (Lipinski definition) is 2. The van der Waals surface area contributed by atoms with Crippen molar-refractivity contribution in [3.63, 3.8) is 0 Å². The van der Waals surface area contributed by atoms with Gasteiger partial charge < -0.3 is 10.1 Å². The fraction of sp³-hybridized carbons (Fsp3) is 0.0952. The number of amides is 1. The van der Waals surface area contributed by atoms with Crippen molar-refractivity contribution in [1.29, 1.82) is 0 Å². The molecule has 3 rings (SSSR count). The summed E-state index contributed by atoms with van der Waals surface area (Å²) >= 11 is 0. The molecule has 0 aromatic heterocycles. The summed E-state index contributed by atoms with van der Waals surface area (Å²) in [5.41, 5.74) is 0.517. The van der Waals surface area contributed by atoms with Crippen LogP contribution in [0.4, 0.5) is 14.5 Å². The van der Waals surface area contributed by atoms with Crippen LogP contribution in [0.25, 0.3) is 0 Å². The van der Waals surface area contributed by atoms with Crippen LogP contribution in [0, 0.1) is 11.6 Å². The largest absolute Gasteiger partial charge is 0.457 e. The third kappa shape index (κ3) is 5.85. The van der Waals surface area contributed by atoms with Crippen molar-refractivity contribution in [2.45, 2.75) is 11.3 Å². The molecule has 3 aromatic rings. The van der Waals surface area contributed by atoms with Gasteiger partial charge in [-0.15, -0.1) is 0 Å². The molecule has 0 bridgehead atoms. The van der Waals surface area contributed by atoms with Crippen molar-refractivity contribution >= 4 is 21.6 Å². The summed E-state index contributed by atoms with van der Waals surface area (Å²) in [5.74, 6) is -1.55. The minimum Gasteiger partial charge on any atom is -0.457 e. The van der Waals surface area contributed by atoms with Crippen LogP contribution in [-0.4, -0.2) is 20.9 Å². The number of rotatable bonds is 8. The molecule has 9 heteroatoms. The Kier molecular flexibility index (Phi) is 6.76. The first-order valence-electron chi connectivity index (χ1n) is 8.91. The molecule has 3 aromatic carbocycles. The molecule has 0 saturated heterocycles. The first kappa shape index (κ1) is 21.4. The van der Waals surface area contributed by atoms with Crippen LogP contribution in [0.15, 0.2) is 77.7 Å². The first-order chi connectivity index (χ1) is 14.3. The predicted octanol–water partition coefficient (Wildman–Crippen LogP) is 4.06. The number of para-hydroxylation sites is 1. The molecule has 6 nitrogen and oxygen atoms in total. The van der Waals surface area contributed by atoms with E-state index in [4.69, 9.17) is 4.74 Å². The smallest absolute Gasteiger partial charge is 0.240 e. The van der Waals surface area contributed by atoms with E-state index in [-0.39, 0.29) is 13.0 Å². The first-order valence-corrected chi connectivity index (χ1v) is 10.4. The minimum atomic E-state index is -4.06. The number of anilines is 1. The lowest BCUT2D eigenvalue weighted by atomic mass is 10.3. The standard InChI is InChI=1S/C21H18F2N2O4S/c22-19-11-10-18(14-20(19)23)30(27,28)24-13-12-21(26)25-15-6-8-17(9-7-15)29-16-4-2-1-3-5-16/h1-11,14,24H,12-13H2,(H,25,26). The highest BCUT2D eigenvalue weighted by Crippen LogP contribution is 2.22. The van der Waals surface area contributed by atoms with Crippen molar-refractivity contribution < 1.29 is 26.7 Å². The fourth-order valence-electron chi connectivity index (χ4n) is 2.48. The molecule has 0 unspecified atom stereocenters. The molecule has 156 valence electrons. The van der Waals surface area contributed by atoms with Crippen LogP contribution in [0.2, 0.25) is 0 Å². The molecule has 0 heterocycles. The lowest BCUT2D eigenvalue weighted by molar-refractivity contribution is -0.116. The number of carbonyl (C=O) groups excluding carboxylic acids is 1. The molecule has 0 atom stereocenters. The van der Waals surface area contributed by atoms with Crippen LogP contribution < -0.4 is 14.8 Å². The number of ether oxygens (including phenoxy) is 1. The van der Waals surface area contributed by atoms with E-state index in [2.05, 4.69) is 10.0 Å². The van der Waals surface area contributed by atoms with Crippen molar-refractivity contribution in [3.05, 3.63) is 84.4 Å². The third-order valence-electron chi connectivity index (χ3n) is 3.96. The number of halogens is 2. The van der Waals surface area contributed by atoms with E-state index in [0.717, 1.165) is 12.1 Å². The van der Waals surface area contributed by atoms with Gasteiger partial charge in [0.25, 0.3) is 0 Å². The second-order valence-electron chi connectivity index (χ2n) is 6.21. The van der Waals surface area contributed by atoms with E-state index >= 15 is 0 Å². The Hall–Kier alpha value is -3.30. The van der Waals surface area contributed by atoms with Gasteiger partial charge in [0, 0.05) is 18.7 Å². The molecule has 0 aliphatic carbocycles. The summed E-state index contributed by atoms with van der Waals surface area (Å²) in [6.45, 7) is -0.206. The van der Waals surface area contributed by atoms with Crippen LogP contribution >= 0.6 is 0 Å². The topological polar surface area (TPSA) is 84.5 Å². The average molecular weight is 432 g/mol. The lowest BCUT2D eigenvalue weighted by Crippen LogP contribution is -2.28. The Morgan fingerprint density at radius 2 is 1.53 bits per heavy atom. The van der Waals surface area contributed by atoms with Gasteiger partial charge in [-0.1, -0.05) is 18.2 Å². The summed E-state index contributed by atoms with van der Waals surface area (Å²) in [6, 6.07) is 18.2. The molecular formula is C21H18F2N2O4S. The zero-order valence-electron chi connectivity index (χ0n) is 15.6. The molecule has 0 aliphatic heterocycles. The van der Waals surface area contributed by atoms with Gasteiger partial charge in [-0.05, 0) is 54.6 Å². The molecule has 0 fully saturated rings. The zero-order valence-corrected chi connectivity index (χ0v) is 16.5. The summed E-state index contributed by atoms with van der Waals surface area (Å²) < 4.78 is 58.1. The monoisotopic (exact) mass is 432 g/mol. The van der Waals surface area contributed by atoms with Crippen molar-refractivity contribution in [2.24, 2.45) is 0 Å². The van der Waals surface area contributed by atoms with Crippen LogP contribution in [0.3, 0.4) is 0 Å². The SMILES string of the molecule is O=C(CCNS(=O)(=O)c1ccc(F)c(F)c1)Nc1ccc(Oc2ccccc2)cc1. The molecule has 2 N–H and O–H groups in total. The van der Waals surface area contributed by atoms with E-state index in [9.17, 15) is 22.0 Å². The van der Waals surface area contributed by atoms with Gasteiger partial charge in [0.05, 0.1) is 4.90 Å². The van der Waals surface area contributed by atoms with Gasteiger partial charge in [-0.3, -0.25) is 4.79 Å². The van der Waals surface area contributed by atoms with Crippen molar-refractivity contribution in [2.75, 3.05) is 11.9 Å². The van der Waals surface area contributed by atoms with E-state index in [0.29, 0.717) is 23.3 Å². The van der Waals surface area contributed by atoms with Gasteiger partial charge in [-0.25, -0.2) is 21.9 Å². The predicted molar refractivity (Wildman–Crippen MR) is 108 cm³/mol. The molecule has 0 saturated carbocycles. The lowest BCUT2D eigenvalue weighted by Gasteiger charge is -2.09. The molecule has 0 aliphatic rings. The molecule has 30 heavy (non-hydrogen) atoms. The van der Waals surface area contributed by atoms with E-state index < -0.39 is 32.5 Å². The van der Waals surface area contributed by atoms with E-state index in [1.54, 1.807) is 24.3 Å². The summed E-state index contributed by atoms with van der Waals surface area (Å²) in [5, 5.41) is 2.64. The Morgan fingerprint density at radius 1 is 0.867 bits per heavy atom. The zero-order chi connectivity index (χ0) is 21.6. The number of sulfonamides is 1. The van der Waals surface area contributed by atoms with Gasteiger partial charge in [-0.2, -0.15) is 0 Å². The van der Waals surface area contributed by atoms with Gasteiger partial charge in [0.1, 0.15) is 11.5 Å². The molecule has 1 amide bonds.